The van der Waals surface area contributed by atoms with Gasteiger partial charge in [-0.1, -0.05) is 19.8 Å². The number of tetrazole rings is 1. The SMILES string of the molecule is CC1CCCN(C(c2cc3cc4c(cc3[nH]c2=O)OCCO4)c2nnnn2C2CCCC2)C1. The normalized spacial score (nSPS) is 22.6. The molecule has 2 fully saturated rings. The number of piperidine rings is 1. The van der Waals surface area contributed by atoms with Gasteiger partial charge in [0.25, 0.3) is 5.56 Å². The number of likely N-dealkylation sites (tertiary alicyclic amines) is 1. The van der Waals surface area contributed by atoms with E-state index in [1.807, 2.05) is 22.9 Å². The second kappa shape index (κ2) is 8.44. The summed E-state index contributed by atoms with van der Waals surface area (Å²) in [4.78, 5) is 18.9. The lowest BCUT2D eigenvalue weighted by Gasteiger charge is -2.36. The monoisotopic (exact) mass is 450 g/mol. The van der Waals surface area contributed by atoms with E-state index in [-0.39, 0.29) is 11.6 Å². The number of hydrogen-bond donors (Lipinski definition) is 1. The highest BCUT2D eigenvalue weighted by Gasteiger charge is 2.35. The molecule has 33 heavy (non-hydrogen) atoms. The smallest absolute Gasteiger partial charge is 0.253 e. The molecule has 0 bridgehead atoms. The molecule has 4 heterocycles. The molecule has 0 spiro atoms. The highest BCUT2D eigenvalue weighted by molar-refractivity contribution is 5.83. The Morgan fingerprint density at radius 3 is 2.64 bits per heavy atom. The maximum atomic E-state index is 13.5. The number of nitrogens with one attached hydrogen (secondary N) is 1. The van der Waals surface area contributed by atoms with Crippen LogP contribution in [0.5, 0.6) is 11.5 Å². The number of benzene rings is 1. The fourth-order valence-corrected chi connectivity index (χ4v) is 5.71. The zero-order valence-electron chi connectivity index (χ0n) is 19.0. The second-order valence-electron chi connectivity index (χ2n) is 9.70. The maximum absolute atomic E-state index is 13.5. The fourth-order valence-electron chi connectivity index (χ4n) is 5.71. The highest BCUT2D eigenvalue weighted by atomic mass is 16.6. The van der Waals surface area contributed by atoms with Crippen LogP contribution in [0.3, 0.4) is 0 Å². The summed E-state index contributed by atoms with van der Waals surface area (Å²) in [5.74, 6) is 2.72. The number of fused-ring (bicyclic) bond motifs is 2. The topological polar surface area (TPSA) is 98.2 Å². The van der Waals surface area contributed by atoms with Crippen molar-refractivity contribution in [2.24, 2.45) is 5.92 Å². The molecular formula is C24H30N6O3. The Morgan fingerprint density at radius 2 is 1.85 bits per heavy atom. The molecule has 1 aliphatic carbocycles. The van der Waals surface area contributed by atoms with Crippen LogP contribution in [0.25, 0.3) is 10.9 Å². The summed E-state index contributed by atoms with van der Waals surface area (Å²) in [6.07, 6.45) is 6.86. The second-order valence-corrected chi connectivity index (χ2v) is 9.70. The number of ether oxygens (including phenoxy) is 2. The van der Waals surface area contributed by atoms with E-state index < -0.39 is 0 Å². The van der Waals surface area contributed by atoms with Gasteiger partial charge in [0.15, 0.2) is 17.3 Å². The van der Waals surface area contributed by atoms with E-state index in [0.717, 1.165) is 49.1 Å². The third-order valence-electron chi connectivity index (χ3n) is 7.32. The Labute approximate surface area is 192 Å². The van der Waals surface area contributed by atoms with Gasteiger partial charge in [-0.3, -0.25) is 9.69 Å². The predicted octanol–water partition coefficient (Wildman–Crippen LogP) is 3.22. The van der Waals surface area contributed by atoms with Crippen LogP contribution in [0.1, 0.15) is 68.9 Å². The Hall–Kier alpha value is -2.94. The van der Waals surface area contributed by atoms with E-state index in [9.17, 15) is 4.79 Å². The lowest BCUT2D eigenvalue weighted by molar-refractivity contribution is 0.139. The van der Waals surface area contributed by atoms with E-state index in [0.29, 0.717) is 42.2 Å². The minimum Gasteiger partial charge on any atom is -0.486 e. The summed E-state index contributed by atoms with van der Waals surface area (Å²) in [7, 11) is 0. The van der Waals surface area contributed by atoms with Crippen molar-refractivity contribution in [3.8, 4) is 11.5 Å². The molecule has 174 valence electrons. The van der Waals surface area contributed by atoms with Gasteiger partial charge in [-0.05, 0) is 60.7 Å². The third kappa shape index (κ3) is 3.78. The van der Waals surface area contributed by atoms with Crippen molar-refractivity contribution in [2.75, 3.05) is 26.3 Å². The van der Waals surface area contributed by atoms with Crippen molar-refractivity contribution < 1.29 is 9.47 Å². The van der Waals surface area contributed by atoms with E-state index >= 15 is 0 Å². The largest absolute Gasteiger partial charge is 0.486 e. The first-order valence-electron chi connectivity index (χ1n) is 12.2. The van der Waals surface area contributed by atoms with Gasteiger partial charge in [0.05, 0.1) is 11.6 Å². The summed E-state index contributed by atoms with van der Waals surface area (Å²) < 4.78 is 13.5. The average Bonchev–Trinajstić information content (AvgIpc) is 3.51. The van der Waals surface area contributed by atoms with E-state index in [1.54, 1.807) is 0 Å². The zero-order chi connectivity index (χ0) is 22.4. The molecule has 1 N–H and O–H groups in total. The molecule has 2 aromatic heterocycles. The van der Waals surface area contributed by atoms with Crippen LogP contribution in [0.4, 0.5) is 0 Å². The standard InChI is InChI=1S/C24H30N6O3/c1-15-5-4-8-29(14-15)22(23-26-27-28-30(23)17-6-2-3-7-17)18-11-16-12-20-21(33-10-9-32-20)13-19(16)25-24(18)31/h11-13,15,17,22H,2-10,14H2,1H3,(H,25,31). The summed E-state index contributed by atoms with van der Waals surface area (Å²) in [6.45, 7) is 5.16. The van der Waals surface area contributed by atoms with Crippen LogP contribution in [-0.2, 0) is 0 Å². The van der Waals surface area contributed by atoms with Gasteiger partial charge in [-0.2, -0.15) is 0 Å². The summed E-state index contributed by atoms with van der Waals surface area (Å²) in [6, 6.07) is 5.82. The van der Waals surface area contributed by atoms with Gasteiger partial charge < -0.3 is 14.5 Å². The molecule has 1 saturated carbocycles. The average molecular weight is 451 g/mol. The van der Waals surface area contributed by atoms with Crippen molar-refractivity contribution in [3.63, 3.8) is 0 Å². The van der Waals surface area contributed by atoms with Crippen LogP contribution in [0.15, 0.2) is 23.0 Å². The molecule has 0 amide bonds. The number of nitrogens with zero attached hydrogens (tertiary/aromatic N) is 5. The lowest BCUT2D eigenvalue weighted by atomic mass is 9.95. The third-order valence-corrected chi connectivity index (χ3v) is 7.32. The van der Waals surface area contributed by atoms with E-state index in [1.165, 1.54) is 19.3 Å². The van der Waals surface area contributed by atoms with Gasteiger partial charge >= 0.3 is 0 Å². The molecular weight excluding hydrogens is 420 g/mol. The number of pyridine rings is 1. The first-order valence-corrected chi connectivity index (χ1v) is 12.2. The summed E-state index contributed by atoms with van der Waals surface area (Å²) in [5.41, 5.74) is 1.32. The first-order chi connectivity index (χ1) is 16.2. The maximum Gasteiger partial charge on any atom is 0.253 e. The molecule has 9 heteroatoms. The Morgan fingerprint density at radius 1 is 1.06 bits per heavy atom. The fraction of sp³-hybridized carbons (Fsp3) is 0.583. The number of hydrogen-bond acceptors (Lipinski definition) is 7. The van der Waals surface area contributed by atoms with Crippen molar-refractivity contribution in [3.05, 3.63) is 39.9 Å². The molecule has 2 unspecified atom stereocenters. The molecule has 2 atom stereocenters. The number of rotatable bonds is 4. The van der Waals surface area contributed by atoms with Gasteiger partial charge in [0.1, 0.15) is 19.3 Å². The lowest BCUT2D eigenvalue weighted by Crippen LogP contribution is -2.41. The van der Waals surface area contributed by atoms with E-state index in [2.05, 4.69) is 32.3 Å². The van der Waals surface area contributed by atoms with Gasteiger partial charge in [-0.15, -0.1) is 5.10 Å². The first kappa shape index (κ1) is 20.7. The Bertz CT molecular complexity index is 1210. The molecule has 3 aromatic rings. The van der Waals surface area contributed by atoms with Crippen LogP contribution in [0.2, 0.25) is 0 Å². The van der Waals surface area contributed by atoms with Crippen molar-refractivity contribution in [1.29, 1.82) is 0 Å². The Kier molecular flexibility index (Phi) is 5.28. The van der Waals surface area contributed by atoms with Crippen LogP contribution in [-0.4, -0.2) is 56.4 Å². The molecule has 3 aliphatic rings. The van der Waals surface area contributed by atoms with Gasteiger partial charge in [0.2, 0.25) is 0 Å². The minimum absolute atomic E-state index is 0.108. The van der Waals surface area contributed by atoms with Crippen molar-refractivity contribution in [2.45, 2.75) is 57.5 Å². The molecule has 6 rings (SSSR count). The molecule has 1 saturated heterocycles. The Balaban J connectivity index is 1.49. The van der Waals surface area contributed by atoms with E-state index in [4.69, 9.17) is 9.47 Å². The van der Waals surface area contributed by atoms with Crippen molar-refractivity contribution in [1.82, 2.24) is 30.1 Å². The number of aromatic amines is 1. The predicted molar refractivity (Wildman–Crippen MR) is 123 cm³/mol. The number of H-pyrrole nitrogens is 1. The quantitative estimate of drug-likeness (QED) is 0.652. The molecule has 2 aliphatic heterocycles. The van der Waals surface area contributed by atoms with Crippen LogP contribution in [0, 0.1) is 5.92 Å². The molecule has 9 nitrogen and oxygen atoms in total. The van der Waals surface area contributed by atoms with Gasteiger partial charge in [0, 0.05) is 23.6 Å². The van der Waals surface area contributed by atoms with Crippen molar-refractivity contribution >= 4 is 10.9 Å². The van der Waals surface area contributed by atoms with Crippen LogP contribution < -0.4 is 15.0 Å². The van der Waals surface area contributed by atoms with Crippen LogP contribution >= 0.6 is 0 Å². The highest BCUT2D eigenvalue weighted by Crippen LogP contribution is 2.37. The minimum atomic E-state index is -0.287. The molecule has 1 aromatic carbocycles. The molecule has 0 radical (unpaired) electrons. The number of aromatic nitrogens is 5. The zero-order valence-corrected chi connectivity index (χ0v) is 19.0. The summed E-state index contributed by atoms with van der Waals surface area (Å²) in [5, 5.41) is 13.9. The summed E-state index contributed by atoms with van der Waals surface area (Å²) >= 11 is 0. The van der Waals surface area contributed by atoms with Gasteiger partial charge in [-0.25, -0.2) is 4.68 Å².